The second-order valence-electron chi connectivity index (χ2n) is 6.95. The first-order valence-electron chi connectivity index (χ1n) is 9.47. The second-order valence-corrected chi connectivity index (χ2v) is 6.95. The summed E-state index contributed by atoms with van der Waals surface area (Å²) in [6.45, 7) is -2.23. The Kier molecular flexibility index (Phi) is 6.98. The normalized spacial score (nSPS) is 13.6. The van der Waals surface area contributed by atoms with Gasteiger partial charge in [0.2, 0.25) is 0 Å². The molecule has 1 atom stereocenters. The fourth-order valence-corrected chi connectivity index (χ4v) is 3.43. The quantitative estimate of drug-likeness (QED) is 0.531. The van der Waals surface area contributed by atoms with E-state index in [1.807, 2.05) is 53.8 Å². The van der Waals surface area contributed by atoms with E-state index in [0.717, 1.165) is 22.3 Å². The van der Waals surface area contributed by atoms with Crippen LogP contribution >= 0.6 is 0 Å². The van der Waals surface area contributed by atoms with Crippen LogP contribution in [0.4, 0.5) is 18.0 Å². The lowest BCUT2D eigenvalue weighted by molar-refractivity contribution is -0.188. The molecule has 0 aromatic heterocycles. The molecule has 1 unspecified atom stereocenters. The highest BCUT2D eigenvalue weighted by Gasteiger charge is 2.45. The molecule has 8 nitrogen and oxygen atoms in total. The summed E-state index contributed by atoms with van der Waals surface area (Å²) in [6, 6.07) is 15.1. The number of hydroxylamine groups is 1. The second kappa shape index (κ2) is 9.69. The van der Waals surface area contributed by atoms with Gasteiger partial charge < -0.3 is 15.2 Å². The fraction of sp³-hybridized carbons (Fsp3) is 0.286. The number of amides is 2. The summed E-state index contributed by atoms with van der Waals surface area (Å²) in [5, 5.41) is 10.3. The summed E-state index contributed by atoms with van der Waals surface area (Å²) in [5.41, 5.74) is 5.27. The van der Waals surface area contributed by atoms with Gasteiger partial charge in [0.25, 0.3) is 5.91 Å². The van der Waals surface area contributed by atoms with Gasteiger partial charge in [-0.3, -0.25) is 9.63 Å². The van der Waals surface area contributed by atoms with Crippen molar-refractivity contribution in [2.45, 2.75) is 12.1 Å². The first-order chi connectivity index (χ1) is 15.2. The zero-order valence-corrected chi connectivity index (χ0v) is 16.5. The molecule has 1 aliphatic carbocycles. The average molecular weight is 452 g/mol. The van der Waals surface area contributed by atoms with Gasteiger partial charge in [0.05, 0.1) is 0 Å². The fourth-order valence-electron chi connectivity index (χ4n) is 3.43. The summed E-state index contributed by atoms with van der Waals surface area (Å²) in [4.78, 5) is 38.2. The van der Waals surface area contributed by atoms with Crippen LogP contribution < -0.4 is 10.8 Å². The zero-order valence-electron chi connectivity index (χ0n) is 16.5. The minimum absolute atomic E-state index is 0.107. The third kappa shape index (κ3) is 5.35. The Balaban J connectivity index is 1.58. The van der Waals surface area contributed by atoms with E-state index in [1.54, 1.807) is 0 Å². The third-order valence-corrected chi connectivity index (χ3v) is 4.87. The van der Waals surface area contributed by atoms with Crippen LogP contribution in [-0.2, 0) is 19.2 Å². The lowest BCUT2D eigenvalue weighted by Gasteiger charge is -2.20. The molecular weight excluding hydrogens is 433 g/mol. The first-order valence-corrected chi connectivity index (χ1v) is 9.47. The van der Waals surface area contributed by atoms with Gasteiger partial charge in [0.1, 0.15) is 6.61 Å². The summed E-state index contributed by atoms with van der Waals surface area (Å²) < 4.78 is 44.6. The summed E-state index contributed by atoms with van der Waals surface area (Å²) in [5.74, 6) is -6.06. The smallest absolute Gasteiger partial charge is 0.407 e. The van der Waals surface area contributed by atoms with E-state index in [-0.39, 0.29) is 12.5 Å². The molecule has 0 heterocycles. The predicted octanol–water partition coefficient (Wildman–Crippen LogP) is 2.84. The molecule has 0 fully saturated rings. The molecule has 3 rings (SSSR count). The van der Waals surface area contributed by atoms with Crippen molar-refractivity contribution in [3.63, 3.8) is 0 Å². The van der Waals surface area contributed by atoms with Gasteiger partial charge in [-0.05, 0) is 22.3 Å². The number of aliphatic carboxylic acids is 1. The highest BCUT2D eigenvalue weighted by Crippen LogP contribution is 2.44. The van der Waals surface area contributed by atoms with Gasteiger partial charge in [-0.15, -0.1) is 0 Å². The Labute approximate surface area is 180 Å². The van der Waals surface area contributed by atoms with E-state index in [1.165, 1.54) is 5.48 Å². The Morgan fingerprint density at radius 3 is 2.09 bits per heavy atom. The van der Waals surface area contributed by atoms with E-state index in [2.05, 4.69) is 4.84 Å². The van der Waals surface area contributed by atoms with Crippen LogP contribution in [0.5, 0.6) is 0 Å². The van der Waals surface area contributed by atoms with Crippen molar-refractivity contribution in [1.29, 1.82) is 0 Å². The number of hydrogen-bond donors (Lipinski definition) is 3. The standard InChI is InChI=1S/C21H19F3N2O6/c22-21(23,24)17(19(29)26-32-11-18(27)28)9-25-20(30)31-10-16-14-7-3-1-5-12(14)13-6-2-4-8-15(13)16/h1-8,16-17H,9-11H2,(H,25,30)(H,26,29)(H,27,28). The van der Waals surface area contributed by atoms with Crippen molar-refractivity contribution >= 4 is 18.0 Å². The number of nitrogens with one attached hydrogen (secondary N) is 2. The number of alkyl carbamates (subject to hydrolysis) is 1. The van der Waals surface area contributed by atoms with E-state index in [0.29, 0.717) is 0 Å². The van der Waals surface area contributed by atoms with Crippen LogP contribution in [0.15, 0.2) is 48.5 Å². The molecule has 2 aromatic rings. The van der Waals surface area contributed by atoms with Gasteiger partial charge >= 0.3 is 18.2 Å². The average Bonchev–Trinajstić information content (AvgIpc) is 3.05. The molecule has 0 saturated heterocycles. The molecule has 0 radical (unpaired) electrons. The van der Waals surface area contributed by atoms with Crippen LogP contribution in [0.25, 0.3) is 11.1 Å². The van der Waals surface area contributed by atoms with Crippen molar-refractivity contribution in [3.05, 3.63) is 59.7 Å². The summed E-state index contributed by atoms with van der Waals surface area (Å²) in [7, 11) is 0. The molecule has 1 aliphatic rings. The van der Waals surface area contributed by atoms with Crippen LogP contribution in [-0.4, -0.2) is 49.0 Å². The Morgan fingerprint density at radius 1 is 1.00 bits per heavy atom. The monoisotopic (exact) mass is 452 g/mol. The molecule has 2 aromatic carbocycles. The molecule has 0 spiro atoms. The zero-order chi connectivity index (χ0) is 23.3. The van der Waals surface area contributed by atoms with E-state index >= 15 is 0 Å². The molecule has 2 amide bonds. The van der Waals surface area contributed by atoms with Crippen LogP contribution in [0, 0.1) is 5.92 Å². The van der Waals surface area contributed by atoms with Gasteiger partial charge in [-0.25, -0.2) is 15.1 Å². The molecule has 0 aliphatic heterocycles. The maximum atomic E-state index is 13.1. The SMILES string of the molecule is O=C(O)CONC(=O)C(CNC(=O)OCC1c2ccccc2-c2ccccc21)C(F)(F)F. The van der Waals surface area contributed by atoms with Gasteiger partial charge in [0, 0.05) is 12.5 Å². The predicted molar refractivity (Wildman–Crippen MR) is 104 cm³/mol. The number of alkyl halides is 3. The van der Waals surface area contributed by atoms with Crippen molar-refractivity contribution < 1.29 is 42.2 Å². The largest absolute Gasteiger partial charge is 0.479 e. The molecule has 170 valence electrons. The number of benzene rings is 2. The van der Waals surface area contributed by atoms with E-state index in [9.17, 15) is 27.6 Å². The molecular formula is C21H19F3N2O6. The summed E-state index contributed by atoms with van der Waals surface area (Å²) >= 11 is 0. The number of ether oxygens (including phenoxy) is 1. The van der Waals surface area contributed by atoms with Crippen molar-refractivity contribution in [1.82, 2.24) is 10.8 Å². The number of carboxylic acid groups (broad SMARTS) is 1. The highest BCUT2D eigenvalue weighted by molar-refractivity contribution is 5.80. The lowest BCUT2D eigenvalue weighted by atomic mass is 9.98. The molecule has 3 N–H and O–H groups in total. The van der Waals surface area contributed by atoms with Gasteiger partial charge in [0.15, 0.2) is 12.5 Å². The van der Waals surface area contributed by atoms with Crippen LogP contribution in [0.3, 0.4) is 0 Å². The van der Waals surface area contributed by atoms with Crippen molar-refractivity contribution in [3.8, 4) is 11.1 Å². The first kappa shape index (κ1) is 23.1. The number of fused-ring (bicyclic) bond motifs is 3. The Hall–Kier alpha value is -3.60. The van der Waals surface area contributed by atoms with Crippen LogP contribution in [0.2, 0.25) is 0 Å². The van der Waals surface area contributed by atoms with Crippen molar-refractivity contribution in [2.24, 2.45) is 5.92 Å². The number of carboxylic acids is 1. The number of halogens is 3. The minimum atomic E-state index is -5.01. The van der Waals surface area contributed by atoms with Crippen LogP contribution in [0.1, 0.15) is 17.0 Å². The molecule has 11 heteroatoms. The Morgan fingerprint density at radius 2 is 1.56 bits per heavy atom. The molecule has 0 saturated carbocycles. The maximum Gasteiger partial charge on any atom is 0.407 e. The number of hydrogen-bond acceptors (Lipinski definition) is 5. The Bertz CT molecular complexity index is 966. The number of rotatable bonds is 8. The van der Waals surface area contributed by atoms with Gasteiger partial charge in [-0.2, -0.15) is 13.2 Å². The van der Waals surface area contributed by atoms with E-state index < -0.39 is 43.2 Å². The minimum Gasteiger partial charge on any atom is -0.479 e. The molecule has 0 bridgehead atoms. The number of carbonyl (C=O) groups excluding carboxylic acids is 2. The maximum absolute atomic E-state index is 13.1. The molecule has 32 heavy (non-hydrogen) atoms. The highest BCUT2D eigenvalue weighted by atomic mass is 19.4. The topological polar surface area (TPSA) is 114 Å². The number of carbonyl (C=O) groups is 3. The van der Waals surface area contributed by atoms with Gasteiger partial charge in [-0.1, -0.05) is 48.5 Å². The third-order valence-electron chi connectivity index (χ3n) is 4.87. The van der Waals surface area contributed by atoms with Crippen molar-refractivity contribution in [2.75, 3.05) is 19.8 Å². The van der Waals surface area contributed by atoms with E-state index in [4.69, 9.17) is 9.84 Å². The lowest BCUT2D eigenvalue weighted by Crippen LogP contribution is -2.46. The summed E-state index contributed by atoms with van der Waals surface area (Å²) in [6.07, 6.45) is -6.13.